The fraction of sp³-hybridized carbons (Fsp3) is 0.143. The van der Waals surface area contributed by atoms with E-state index in [9.17, 15) is 0 Å². The van der Waals surface area contributed by atoms with Crippen molar-refractivity contribution >= 4 is 32.3 Å². The molecule has 0 N–H and O–H groups in total. The van der Waals surface area contributed by atoms with Gasteiger partial charge in [-0.25, -0.2) is 0 Å². The van der Waals surface area contributed by atoms with Crippen LogP contribution in [-0.2, 0) is 0 Å². The third-order valence-corrected chi connectivity index (χ3v) is 4.43. The molecule has 0 aliphatic heterocycles. The van der Waals surface area contributed by atoms with Crippen LogP contribution in [0.2, 0.25) is 0 Å². The Morgan fingerprint density at radius 3 is 1.43 bits per heavy atom. The maximum Gasteiger partial charge on any atom is -0.00961 e. The molecule has 0 heteroatoms. The Hall–Kier alpha value is -2.34. The number of fused-ring (bicyclic) bond motifs is 6. The van der Waals surface area contributed by atoms with E-state index in [0.29, 0.717) is 5.92 Å². The second-order valence-electron chi connectivity index (χ2n) is 6.05. The van der Waals surface area contributed by atoms with Crippen LogP contribution >= 0.6 is 0 Å². The van der Waals surface area contributed by atoms with Crippen molar-refractivity contribution < 1.29 is 0 Å². The zero-order valence-electron chi connectivity index (χ0n) is 12.4. The van der Waals surface area contributed by atoms with Gasteiger partial charge in [-0.05, 0) is 43.8 Å². The van der Waals surface area contributed by atoms with Crippen molar-refractivity contribution in [3.63, 3.8) is 0 Å². The average molecular weight is 270 g/mol. The molecule has 0 nitrogen and oxygen atoms in total. The minimum Gasteiger partial charge on any atom is -0.0616 e. The highest BCUT2D eigenvalue weighted by Crippen LogP contribution is 2.36. The van der Waals surface area contributed by atoms with Crippen LogP contribution in [0.25, 0.3) is 32.3 Å². The summed E-state index contributed by atoms with van der Waals surface area (Å²) in [6, 6.07) is 24.4. The van der Waals surface area contributed by atoms with Crippen molar-refractivity contribution in [3.05, 3.63) is 72.3 Å². The molecule has 0 amide bonds. The van der Waals surface area contributed by atoms with Gasteiger partial charge in [0.15, 0.2) is 0 Å². The zero-order chi connectivity index (χ0) is 14.4. The third kappa shape index (κ3) is 1.83. The van der Waals surface area contributed by atoms with Crippen molar-refractivity contribution in [2.45, 2.75) is 19.8 Å². The van der Waals surface area contributed by atoms with Crippen molar-refractivity contribution in [2.75, 3.05) is 0 Å². The molecule has 0 aliphatic carbocycles. The maximum absolute atomic E-state index is 2.37. The third-order valence-electron chi connectivity index (χ3n) is 4.43. The Labute approximate surface area is 125 Å². The fourth-order valence-electron chi connectivity index (χ4n) is 3.28. The Balaban J connectivity index is 2.30. The molecule has 0 radical (unpaired) electrons. The molecule has 0 bridgehead atoms. The van der Waals surface area contributed by atoms with Crippen molar-refractivity contribution in [1.29, 1.82) is 0 Å². The van der Waals surface area contributed by atoms with Crippen LogP contribution in [0.15, 0.2) is 66.7 Å². The quantitative estimate of drug-likeness (QED) is 0.357. The van der Waals surface area contributed by atoms with Crippen LogP contribution < -0.4 is 0 Å². The number of benzene rings is 4. The summed E-state index contributed by atoms with van der Waals surface area (Å²) < 4.78 is 0. The van der Waals surface area contributed by atoms with Gasteiger partial charge in [0, 0.05) is 0 Å². The molecule has 0 fully saturated rings. The molecule has 0 heterocycles. The summed E-state index contributed by atoms with van der Waals surface area (Å²) in [4.78, 5) is 0. The lowest BCUT2D eigenvalue weighted by Gasteiger charge is -2.13. The summed E-state index contributed by atoms with van der Waals surface area (Å²) in [6.45, 7) is 4.51. The standard InChI is InChI=1S/C21H18/c1-14(2)15-11-12-20-18-9-4-3-7-16(18)17-8-5-6-10-19(17)21(20)13-15/h3-14H,1-2H3. The van der Waals surface area contributed by atoms with Gasteiger partial charge in [-0.3, -0.25) is 0 Å². The molecule has 0 aromatic heterocycles. The van der Waals surface area contributed by atoms with Gasteiger partial charge in [0.1, 0.15) is 0 Å². The van der Waals surface area contributed by atoms with E-state index in [1.807, 2.05) is 0 Å². The van der Waals surface area contributed by atoms with E-state index in [0.717, 1.165) is 0 Å². The van der Waals surface area contributed by atoms with Gasteiger partial charge in [-0.15, -0.1) is 0 Å². The Morgan fingerprint density at radius 2 is 0.952 bits per heavy atom. The lowest BCUT2D eigenvalue weighted by molar-refractivity contribution is 0.869. The molecule has 21 heavy (non-hydrogen) atoms. The summed E-state index contributed by atoms with van der Waals surface area (Å²) >= 11 is 0. The molecule has 4 aromatic rings. The van der Waals surface area contributed by atoms with Crippen LogP contribution in [0.1, 0.15) is 25.3 Å². The van der Waals surface area contributed by atoms with E-state index in [4.69, 9.17) is 0 Å². The topological polar surface area (TPSA) is 0 Å². The van der Waals surface area contributed by atoms with Gasteiger partial charge >= 0.3 is 0 Å². The van der Waals surface area contributed by atoms with E-state index >= 15 is 0 Å². The minimum atomic E-state index is 0.555. The van der Waals surface area contributed by atoms with E-state index in [-0.39, 0.29) is 0 Å². The second kappa shape index (κ2) is 4.60. The summed E-state index contributed by atoms with van der Waals surface area (Å²) in [7, 11) is 0. The summed E-state index contributed by atoms with van der Waals surface area (Å²) in [5, 5.41) is 8.12. The highest BCUT2D eigenvalue weighted by molar-refractivity contribution is 6.25. The Morgan fingerprint density at radius 1 is 0.524 bits per heavy atom. The summed E-state index contributed by atoms with van der Waals surface area (Å²) in [5.41, 5.74) is 1.41. The van der Waals surface area contributed by atoms with E-state index in [1.165, 1.54) is 37.9 Å². The molecule has 0 saturated heterocycles. The fourth-order valence-corrected chi connectivity index (χ4v) is 3.28. The maximum atomic E-state index is 2.37. The number of rotatable bonds is 1. The van der Waals surface area contributed by atoms with E-state index in [2.05, 4.69) is 80.6 Å². The number of hydrogen-bond donors (Lipinski definition) is 0. The predicted molar refractivity (Wildman–Crippen MR) is 93.0 cm³/mol. The molecule has 102 valence electrons. The molecular formula is C21H18. The first-order valence-corrected chi connectivity index (χ1v) is 7.59. The van der Waals surface area contributed by atoms with Crippen molar-refractivity contribution in [2.24, 2.45) is 0 Å². The van der Waals surface area contributed by atoms with E-state index < -0.39 is 0 Å². The molecule has 0 aliphatic rings. The largest absolute Gasteiger partial charge is 0.0616 e. The predicted octanol–water partition coefficient (Wildman–Crippen LogP) is 6.27. The first kappa shape index (κ1) is 12.4. The first-order chi connectivity index (χ1) is 10.3. The molecule has 4 aromatic carbocycles. The molecule has 4 rings (SSSR count). The van der Waals surface area contributed by atoms with Crippen LogP contribution in [0.4, 0.5) is 0 Å². The monoisotopic (exact) mass is 270 g/mol. The molecular weight excluding hydrogens is 252 g/mol. The second-order valence-corrected chi connectivity index (χ2v) is 6.05. The molecule has 0 saturated carbocycles. The SMILES string of the molecule is CC(C)c1ccc2c3ccccc3c3ccccc3c2c1. The van der Waals surface area contributed by atoms with Gasteiger partial charge in [0.05, 0.1) is 0 Å². The number of hydrogen-bond acceptors (Lipinski definition) is 0. The van der Waals surface area contributed by atoms with Gasteiger partial charge in [-0.2, -0.15) is 0 Å². The van der Waals surface area contributed by atoms with Crippen LogP contribution in [0, 0.1) is 0 Å². The normalized spacial score (nSPS) is 11.8. The van der Waals surface area contributed by atoms with E-state index in [1.54, 1.807) is 0 Å². The highest BCUT2D eigenvalue weighted by Gasteiger charge is 2.09. The Kier molecular flexibility index (Phi) is 2.71. The summed E-state index contributed by atoms with van der Waals surface area (Å²) in [5.74, 6) is 0.555. The molecule has 0 unspecified atom stereocenters. The van der Waals surface area contributed by atoms with Gasteiger partial charge in [-0.1, -0.05) is 80.6 Å². The van der Waals surface area contributed by atoms with Crippen molar-refractivity contribution in [3.8, 4) is 0 Å². The first-order valence-electron chi connectivity index (χ1n) is 7.59. The minimum absolute atomic E-state index is 0.555. The molecule has 0 spiro atoms. The average Bonchev–Trinajstić information content (AvgIpc) is 2.54. The molecule has 0 atom stereocenters. The van der Waals surface area contributed by atoms with Crippen LogP contribution in [0.3, 0.4) is 0 Å². The lowest BCUT2D eigenvalue weighted by atomic mass is 9.91. The zero-order valence-corrected chi connectivity index (χ0v) is 12.4. The highest BCUT2D eigenvalue weighted by atomic mass is 14.1. The van der Waals surface area contributed by atoms with Gasteiger partial charge < -0.3 is 0 Å². The van der Waals surface area contributed by atoms with Gasteiger partial charge in [0.2, 0.25) is 0 Å². The smallest absolute Gasteiger partial charge is 0.00961 e. The lowest BCUT2D eigenvalue weighted by Crippen LogP contribution is -1.89. The van der Waals surface area contributed by atoms with Crippen molar-refractivity contribution in [1.82, 2.24) is 0 Å². The van der Waals surface area contributed by atoms with Crippen LogP contribution in [-0.4, -0.2) is 0 Å². The van der Waals surface area contributed by atoms with Gasteiger partial charge in [0.25, 0.3) is 0 Å². The van der Waals surface area contributed by atoms with Crippen LogP contribution in [0.5, 0.6) is 0 Å². The summed E-state index contributed by atoms with van der Waals surface area (Å²) in [6.07, 6.45) is 0. The Bertz CT molecular complexity index is 926.